The monoisotopic (exact) mass is 501 g/mol. The number of nitrogens with one attached hydrogen (secondary N) is 1. The Hall–Kier alpha value is -4.60. The second-order valence-corrected chi connectivity index (χ2v) is 8.99. The fourth-order valence-corrected chi connectivity index (χ4v) is 4.85. The van der Waals surface area contributed by atoms with Gasteiger partial charge in [0.1, 0.15) is 0 Å². The van der Waals surface area contributed by atoms with Crippen molar-refractivity contribution in [1.82, 2.24) is 9.96 Å². The number of benzene rings is 2. The summed E-state index contributed by atoms with van der Waals surface area (Å²) in [6.07, 6.45) is 2.74. The lowest BCUT2D eigenvalue weighted by molar-refractivity contribution is -0.197. The van der Waals surface area contributed by atoms with Crippen molar-refractivity contribution in [3.05, 3.63) is 65.7 Å². The molecule has 0 radical (unpaired) electrons. The molecule has 1 atom stereocenters. The van der Waals surface area contributed by atoms with E-state index in [1.807, 2.05) is 36.4 Å². The van der Waals surface area contributed by atoms with E-state index >= 15 is 0 Å². The highest BCUT2D eigenvalue weighted by molar-refractivity contribution is 6.13. The highest BCUT2D eigenvalue weighted by atomic mass is 16.7. The molecule has 0 aromatic heterocycles. The summed E-state index contributed by atoms with van der Waals surface area (Å²) in [4.78, 5) is 77.8. The van der Waals surface area contributed by atoms with Crippen LogP contribution in [0.4, 0.5) is 5.69 Å². The van der Waals surface area contributed by atoms with Crippen LogP contribution in [0.2, 0.25) is 0 Å². The molecule has 2 aromatic carbocycles. The van der Waals surface area contributed by atoms with Crippen molar-refractivity contribution in [2.45, 2.75) is 38.0 Å². The summed E-state index contributed by atoms with van der Waals surface area (Å²) >= 11 is 0. The van der Waals surface area contributed by atoms with Crippen LogP contribution in [0.3, 0.4) is 0 Å². The van der Waals surface area contributed by atoms with E-state index in [1.54, 1.807) is 6.07 Å². The number of carbonyl (C=O) groups excluding carboxylic acids is 6. The Morgan fingerprint density at radius 3 is 2.27 bits per heavy atom. The molecule has 0 spiro atoms. The highest BCUT2D eigenvalue weighted by Gasteiger charge is 2.34. The van der Waals surface area contributed by atoms with Crippen LogP contribution in [0.5, 0.6) is 0 Å². The Balaban J connectivity index is 1.27. The minimum atomic E-state index is -0.667. The topological polar surface area (TPSA) is 130 Å². The molecule has 5 amide bonds. The first-order valence-corrected chi connectivity index (χ1v) is 11.9. The van der Waals surface area contributed by atoms with Gasteiger partial charge in [0.2, 0.25) is 5.91 Å². The molecule has 1 unspecified atom stereocenters. The van der Waals surface area contributed by atoms with Gasteiger partial charge in [-0.2, -0.15) is 0 Å². The van der Waals surface area contributed by atoms with Crippen molar-refractivity contribution in [3.8, 4) is 11.1 Å². The average molecular weight is 501 g/mol. The Labute approximate surface area is 211 Å². The maximum absolute atomic E-state index is 12.5. The zero-order valence-corrected chi connectivity index (χ0v) is 19.8. The van der Waals surface area contributed by atoms with Crippen molar-refractivity contribution in [2.24, 2.45) is 0 Å². The minimum absolute atomic E-state index is 0.0142. The fraction of sp³-hybridized carbons (Fsp3) is 0.259. The third-order valence-corrected chi connectivity index (χ3v) is 6.64. The zero-order chi connectivity index (χ0) is 26.1. The fourth-order valence-electron chi connectivity index (χ4n) is 4.85. The van der Waals surface area contributed by atoms with Crippen molar-refractivity contribution >= 4 is 41.2 Å². The number of anilines is 1. The predicted octanol–water partition coefficient (Wildman–Crippen LogP) is 2.44. The van der Waals surface area contributed by atoms with Crippen LogP contribution >= 0.6 is 0 Å². The molecule has 0 bridgehead atoms. The van der Waals surface area contributed by atoms with Gasteiger partial charge in [0, 0.05) is 56.0 Å². The van der Waals surface area contributed by atoms with Crippen LogP contribution in [0.1, 0.15) is 49.1 Å². The van der Waals surface area contributed by atoms with E-state index in [0.29, 0.717) is 17.2 Å². The summed E-state index contributed by atoms with van der Waals surface area (Å²) in [5, 5.41) is 3.36. The average Bonchev–Trinajstić information content (AvgIpc) is 3.49. The van der Waals surface area contributed by atoms with Crippen molar-refractivity contribution < 1.29 is 33.6 Å². The summed E-state index contributed by atoms with van der Waals surface area (Å²) in [5.74, 6) is -3.09. The van der Waals surface area contributed by atoms with Gasteiger partial charge in [-0.1, -0.05) is 30.3 Å². The number of amides is 5. The summed E-state index contributed by atoms with van der Waals surface area (Å²) in [6.45, 7) is -0.0142. The van der Waals surface area contributed by atoms with Gasteiger partial charge in [-0.25, -0.2) is 4.79 Å². The lowest BCUT2D eigenvalue weighted by Crippen LogP contribution is -2.33. The number of nitrogens with zero attached hydrogens (tertiary/aromatic N) is 2. The molecule has 5 rings (SSSR count). The first-order chi connectivity index (χ1) is 17.8. The SMILES string of the molecule is O=C(CCN1C(=O)C=CC1=O)Nc1ccc2c(c1)C(CCC(=O)ON1C(=O)CCC1=O)c1ccccc1-2. The Bertz CT molecular complexity index is 1350. The Kier molecular flexibility index (Phi) is 6.39. The van der Waals surface area contributed by atoms with Gasteiger partial charge in [0.15, 0.2) is 0 Å². The quantitative estimate of drug-likeness (QED) is 0.550. The second kappa shape index (κ2) is 9.81. The zero-order valence-electron chi connectivity index (χ0n) is 19.8. The molecule has 1 aliphatic carbocycles. The molecule has 1 fully saturated rings. The Morgan fingerprint density at radius 1 is 0.865 bits per heavy atom. The molecular weight excluding hydrogens is 478 g/mol. The third kappa shape index (κ3) is 4.77. The summed E-state index contributed by atoms with van der Waals surface area (Å²) in [6, 6.07) is 13.3. The summed E-state index contributed by atoms with van der Waals surface area (Å²) in [7, 11) is 0. The van der Waals surface area contributed by atoms with Crippen LogP contribution in [-0.4, -0.2) is 52.0 Å². The third-order valence-electron chi connectivity index (χ3n) is 6.64. The molecule has 2 aromatic rings. The molecule has 1 N–H and O–H groups in total. The number of rotatable bonds is 8. The van der Waals surface area contributed by atoms with Gasteiger partial charge in [-0.05, 0) is 40.8 Å². The second-order valence-electron chi connectivity index (χ2n) is 8.99. The first-order valence-electron chi connectivity index (χ1n) is 11.9. The van der Waals surface area contributed by atoms with Gasteiger partial charge in [0.05, 0.1) is 0 Å². The lowest BCUT2D eigenvalue weighted by Gasteiger charge is -2.16. The van der Waals surface area contributed by atoms with E-state index < -0.39 is 29.6 Å². The predicted molar refractivity (Wildman–Crippen MR) is 129 cm³/mol. The number of hydrogen-bond donors (Lipinski definition) is 1. The smallest absolute Gasteiger partial charge is 0.330 e. The van der Waals surface area contributed by atoms with Crippen LogP contribution in [0.15, 0.2) is 54.6 Å². The number of hydroxylamine groups is 2. The van der Waals surface area contributed by atoms with Crippen molar-refractivity contribution in [1.29, 1.82) is 0 Å². The van der Waals surface area contributed by atoms with Crippen LogP contribution in [0, 0.1) is 0 Å². The Morgan fingerprint density at radius 2 is 1.54 bits per heavy atom. The normalized spacial score (nSPS) is 17.9. The standard InChI is InChI=1S/C27H23N3O7/c31-22(13-14-29-23(32)8-9-24(29)33)28-16-5-6-19-17-3-1-2-4-18(17)20(21(19)15-16)7-12-27(36)37-30-25(34)10-11-26(30)35/h1-6,8-9,15,20H,7,10-14H2,(H,28,31). The maximum Gasteiger partial charge on any atom is 0.333 e. The molecule has 37 heavy (non-hydrogen) atoms. The van der Waals surface area contributed by atoms with Crippen LogP contribution in [-0.2, 0) is 33.6 Å². The van der Waals surface area contributed by atoms with E-state index in [-0.39, 0.29) is 44.1 Å². The van der Waals surface area contributed by atoms with E-state index in [9.17, 15) is 28.8 Å². The molecular formula is C27H23N3O7. The molecule has 2 aliphatic heterocycles. The number of imide groups is 2. The summed E-state index contributed by atoms with van der Waals surface area (Å²) in [5.41, 5.74) is 4.51. The molecule has 10 heteroatoms. The van der Waals surface area contributed by atoms with Gasteiger partial charge < -0.3 is 10.2 Å². The number of fused-ring (bicyclic) bond motifs is 3. The molecule has 1 saturated heterocycles. The van der Waals surface area contributed by atoms with E-state index in [0.717, 1.165) is 27.2 Å². The van der Waals surface area contributed by atoms with Crippen molar-refractivity contribution in [2.75, 3.05) is 11.9 Å². The van der Waals surface area contributed by atoms with E-state index in [1.165, 1.54) is 12.2 Å². The van der Waals surface area contributed by atoms with Crippen molar-refractivity contribution in [3.63, 3.8) is 0 Å². The minimum Gasteiger partial charge on any atom is -0.330 e. The van der Waals surface area contributed by atoms with Gasteiger partial charge in [-0.3, -0.25) is 28.9 Å². The number of carbonyl (C=O) groups is 6. The molecule has 0 saturated carbocycles. The van der Waals surface area contributed by atoms with Crippen LogP contribution in [0.25, 0.3) is 11.1 Å². The van der Waals surface area contributed by atoms with Crippen LogP contribution < -0.4 is 5.32 Å². The van der Waals surface area contributed by atoms with E-state index in [4.69, 9.17) is 4.84 Å². The maximum atomic E-state index is 12.5. The van der Waals surface area contributed by atoms with E-state index in [2.05, 4.69) is 5.32 Å². The first kappa shape index (κ1) is 24.1. The van der Waals surface area contributed by atoms with Gasteiger partial charge in [-0.15, -0.1) is 5.06 Å². The molecule has 188 valence electrons. The highest BCUT2D eigenvalue weighted by Crippen LogP contribution is 2.47. The van der Waals surface area contributed by atoms with Gasteiger partial charge >= 0.3 is 5.97 Å². The van der Waals surface area contributed by atoms with Gasteiger partial charge in [0.25, 0.3) is 23.6 Å². The number of hydrogen-bond acceptors (Lipinski definition) is 7. The molecule has 10 nitrogen and oxygen atoms in total. The molecule has 3 aliphatic rings. The molecule has 2 heterocycles. The summed E-state index contributed by atoms with van der Waals surface area (Å²) < 4.78 is 0. The lowest BCUT2D eigenvalue weighted by atomic mass is 9.92. The largest absolute Gasteiger partial charge is 0.333 e.